The van der Waals surface area contributed by atoms with E-state index in [0.717, 1.165) is 27.8 Å². The van der Waals surface area contributed by atoms with E-state index in [2.05, 4.69) is 4.72 Å². The largest absolute Gasteiger partial charge is 0.280 e. The van der Waals surface area contributed by atoms with Gasteiger partial charge in [-0.25, -0.2) is 8.42 Å². The second-order valence-corrected chi connectivity index (χ2v) is 7.18. The van der Waals surface area contributed by atoms with Crippen LogP contribution in [0.25, 0.3) is 0 Å². The molecule has 0 atom stereocenters. The van der Waals surface area contributed by atoms with Crippen molar-refractivity contribution in [2.75, 3.05) is 4.72 Å². The molecule has 1 N–H and O–H groups in total. The Morgan fingerprint density at radius 1 is 0.857 bits per heavy atom. The van der Waals surface area contributed by atoms with Crippen LogP contribution in [0.5, 0.6) is 0 Å². The second kappa shape index (κ2) is 5.53. The number of rotatable bonds is 3. The number of anilines is 1. The predicted molar refractivity (Wildman–Crippen MR) is 87.4 cm³/mol. The topological polar surface area (TPSA) is 46.2 Å². The summed E-state index contributed by atoms with van der Waals surface area (Å²) in [5, 5.41) is 0. The molecule has 0 aliphatic rings. The molecule has 3 nitrogen and oxygen atoms in total. The summed E-state index contributed by atoms with van der Waals surface area (Å²) in [6.45, 7) is 9.52. The molecular weight excluding hydrogens is 282 g/mol. The van der Waals surface area contributed by atoms with Crippen LogP contribution < -0.4 is 4.72 Å². The molecule has 2 aromatic rings. The van der Waals surface area contributed by atoms with E-state index in [1.54, 1.807) is 6.07 Å². The summed E-state index contributed by atoms with van der Waals surface area (Å²) in [6.07, 6.45) is 0. The van der Waals surface area contributed by atoms with Crippen molar-refractivity contribution in [3.05, 3.63) is 58.1 Å². The minimum absolute atomic E-state index is 0.390. The smallest absolute Gasteiger partial charge is 0.262 e. The first-order valence-corrected chi connectivity index (χ1v) is 8.37. The highest BCUT2D eigenvalue weighted by Gasteiger charge is 2.22. The first kappa shape index (κ1) is 15.6. The van der Waals surface area contributed by atoms with E-state index in [1.807, 2.05) is 58.9 Å². The fourth-order valence-corrected chi connectivity index (χ4v) is 4.17. The van der Waals surface area contributed by atoms with Crippen LogP contribution in [0, 0.1) is 34.6 Å². The van der Waals surface area contributed by atoms with Crippen molar-refractivity contribution in [3.63, 3.8) is 0 Å². The molecule has 0 aliphatic carbocycles. The van der Waals surface area contributed by atoms with Gasteiger partial charge >= 0.3 is 0 Å². The number of sulfonamides is 1. The zero-order valence-corrected chi connectivity index (χ0v) is 13.9. The highest BCUT2D eigenvalue weighted by atomic mass is 32.2. The highest BCUT2D eigenvalue weighted by Crippen LogP contribution is 2.27. The summed E-state index contributed by atoms with van der Waals surface area (Å²) >= 11 is 0. The number of aryl methyl sites for hydroxylation is 3. The fraction of sp³-hybridized carbons (Fsp3) is 0.294. The monoisotopic (exact) mass is 303 g/mol. The summed E-state index contributed by atoms with van der Waals surface area (Å²) in [5.74, 6) is 0. The lowest BCUT2D eigenvalue weighted by molar-refractivity contribution is 0.599. The fourth-order valence-electron chi connectivity index (χ4n) is 2.50. The van der Waals surface area contributed by atoms with Gasteiger partial charge in [-0.1, -0.05) is 18.2 Å². The first-order chi connectivity index (χ1) is 9.72. The molecule has 0 aliphatic heterocycles. The van der Waals surface area contributed by atoms with Crippen LogP contribution in [0.15, 0.2) is 35.2 Å². The maximum absolute atomic E-state index is 12.7. The molecule has 0 radical (unpaired) electrons. The van der Waals surface area contributed by atoms with E-state index in [0.29, 0.717) is 10.6 Å². The first-order valence-electron chi connectivity index (χ1n) is 6.89. The van der Waals surface area contributed by atoms with Crippen molar-refractivity contribution in [2.24, 2.45) is 0 Å². The van der Waals surface area contributed by atoms with Crippen molar-refractivity contribution >= 4 is 15.7 Å². The van der Waals surface area contributed by atoms with Gasteiger partial charge in [-0.15, -0.1) is 0 Å². The molecule has 0 bridgehead atoms. The zero-order chi connectivity index (χ0) is 15.8. The minimum atomic E-state index is -3.59. The molecule has 0 amide bonds. The van der Waals surface area contributed by atoms with E-state index >= 15 is 0 Å². The average Bonchev–Trinajstić information content (AvgIpc) is 2.35. The molecule has 0 saturated heterocycles. The van der Waals surface area contributed by atoms with Crippen LogP contribution in [0.1, 0.15) is 27.8 Å². The SMILES string of the molecule is Cc1cccc(NS(=O)(=O)c2c(C)c(C)cc(C)c2C)c1. The van der Waals surface area contributed by atoms with Crippen molar-refractivity contribution in [1.29, 1.82) is 0 Å². The Balaban J connectivity index is 2.55. The van der Waals surface area contributed by atoms with Gasteiger partial charge in [-0.3, -0.25) is 4.72 Å². The van der Waals surface area contributed by atoms with Gasteiger partial charge in [0.25, 0.3) is 10.0 Å². The summed E-state index contributed by atoms with van der Waals surface area (Å²) in [4.78, 5) is 0.390. The van der Waals surface area contributed by atoms with Crippen LogP contribution in [-0.2, 0) is 10.0 Å². The van der Waals surface area contributed by atoms with E-state index in [1.165, 1.54) is 0 Å². The van der Waals surface area contributed by atoms with Crippen LogP contribution in [0.4, 0.5) is 5.69 Å². The maximum Gasteiger partial charge on any atom is 0.262 e. The molecule has 112 valence electrons. The Bertz CT molecular complexity index is 766. The van der Waals surface area contributed by atoms with Crippen molar-refractivity contribution in [1.82, 2.24) is 0 Å². The van der Waals surface area contributed by atoms with E-state index < -0.39 is 10.0 Å². The van der Waals surface area contributed by atoms with Gasteiger partial charge in [-0.2, -0.15) is 0 Å². The van der Waals surface area contributed by atoms with E-state index in [-0.39, 0.29) is 0 Å². The third-order valence-electron chi connectivity index (χ3n) is 3.84. The third-order valence-corrected chi connectivity index (χ3v) is 5.49. The molecule has 21 heavy (non-hydrogen) atoms. The summed E-state index contributed by atoms with van der Waals surface area (Å²) in [6, 6.07) is 9.39. The van der Waals surface area contributed by atoms with Crippen LogP contribution in [0.3, 0.4) is 0 Å². The number of hydrogen-bond acceptors (Lipinski definition) is 2. The molecule has 2 rings (SSSR count). The minimum Gasteiger partial charge on any atom is -0.280 e. The van der Waals surface area contributed by atoms with E-state index in [4.69, 9.17) is 0 Å². The Morgan fingerprint density at radius 3 is 1.95 bits per heavy atom. The number of hydrogen-bond donors (Lipinski definition) is 1. The van der Waals surface area contributed by atoms with Gasteiger partial charge in [-0.05, 0) is 74.6 Å². The summed E-state index contributed by atoms with van der Waals surface area (Å²) in [7, 11) is -3.59. The van der Waals surface area contributed by atoms with Crippen molar-refractivity contribution < 1.29 is 8.42 Å². The van der Waals surface area contributed by atoms with E-state index in [9.17, 15) is 8.42 Å². The summed E-state index contributed by atoms with van der Waals surface area (Å²) in [5.41, 5.74) is 5.19. The molecule has 0 fully saturated rings. The lowest BCUT2D eigenvalue weighted by atomic mass is 10.0. The lowest BCUT2D eigenvalue weighted by Gasteiger charge is -2.17. The maximum atomic E-state index is 12.7. The van der Waals surface area contributed by atoms with Crippen LogP contribution in [-0.4, -0.2) is 8.42 Å². The number of benzene rings is 2. The molecule has 0 aromatic heterocycles. The van der Waals surface area contributed by atoms with Gasteiger partial charge < -0.3 is 0 Å². The van der Waals surface area contributed by atoms with Gasteiger partial charge in [0.15, 0.2) is 0 Å². The average molecular weight is 303 g/mol. The Hall–Kier alpha value is -1.81. The van der Waals surface area contributed by atoms with Crippen molar-refractivity contribution in [3.8, 4) is 0 Å². The molecule has 4 heteroatoms. The van der Waals surface area contributed by atoms with Gasteiger partial charge in [0, 0.05) is 5.69 Å². The quantitative estimate of drug-likeness (QED) is 0.930. The van der Waals surface area contributed by atoms with Gasteiger partial charge in [0.05, 0.1) is 4.90 Å². The molecule has 2 aromatic carbocycles. The Morgan fingerprint density at radius 2 is 1.43 bits per heavy atom. The summed E-state index contributed by atoms with van der Waals surface area (Å²) < 4.78 is 28.2. The molecule has 0 heterocycles. The second-order valence-electron chi connectivity index (χ2n) is 5.56. The predicted octanol–water partition coefficient (Wildman–Crippen LogP) is 4.03. The third kappa shape index (κ3) is 3.10. The Labute approximate surface area is 127 Å². The normalized spacial score (nSPS) is 11.5. The van der Waals surface area contributed by atoms with Crippen LogP contribution >= 0.6 is 0 Å². The molecule has 0 unspecified atom stereocenters. The standard InChI is InChI=1S/C17H21NO2S/c1-11-7-6-8-16(9-11)18-21(19,20)17-14(4)12(2)10-13(3)15(17)5/h6-10,18H,1-5H3. The molecule has 0 saturated carbocycles. The molecule has 0 spiro atoms. The number of nitrogens with one attached hydrogen (secondary N) is 1. The van der Waals surface area contributed by atoms with Crippen LogP contribution in [0.2, 0.25) is 0 Å². The highest BCUT2D eigenvalue weighted by molar-refractivity contribution is 7.92. The molecular formula is C17H21NO2S. The zero-order valence-electron chi connectivity index (χ0n) is 13.1. The Kier molecular flexibility index (Phi) is 4.10. The van der Waals surface area contributed by atoms with Crippen molar-refractivity contribution in [2.45, 2.75) is 39.5 Å². The lowest BCUT2D eigenvalue weighted by Crippen LogP contribution is -2.17. The van der Waals surface area contributed by atoms with Gasteiger partial charge in [0.2, 0.25) is 0 Å². The van der Waals surface area contributed by atoms with Gasteiger partial charge in [0.1, 0.15) is 0 Å².